The van der Waals surface area contributed by atoms with Crippen molar-refractivity contribution >= 4 is 33.3 Å². The van der Waals surface area contributed by atoms with E-state index in [-0.39, 0.29) is 5.56 Å². The van der Waals surface area contributed by atoms with Gasteiger partial charge in [0.25, 0.3) is 5.56 Å². The largest absolute Gasteiger partial charge is 0.290 e. The summed E-state index contributed by atoms with van der Waals surface area (Å²) in [7, 11) is 1.84. The third-order valence-electron chi connectivity index (χ3n) is 4.36. The van der Waals surface area contributed by atoms with Gasteiger partial charge < -0.3 is 0 Å². The van der Waals surface area contributed by atoms with Crippen LogP contribution in [0.25, 0.3) is 10.2 Å². The van der Waals surface area contributed by atoms with Gasteiger partial charge >= 0.3 is 0 Å². The second-order valence-corrected chi connectivity index (χ2v) is 8.10. The monoisotopic (exact) mass is 342 g/mol. The average Bonchev–Trinajstić information content (AvgIpc) is 3.10. The Bertz CT molecular complexity index is 956. The molecule has 0 radical (unpaired) electrons. The van der Waals surface area contributed by atoms with Crippen molar-refractivity contribution in [2.24, 2.45) is 7.05 Å². The first-order valence-corrected chi connectivity index (χ1v) is 9.63. The zero-order chi connectivity index (χ0) is 16.0. The van der Waals surface area contributed by atoms with Crippen molar-refractivity contribution in [2.75, 3.05) is 0 Å². The van der Waals surface area contributed by atoms with Crippen molar-refractivity contribution in [3.8, 4) is 0 Å². The quantitative estimate of drug-likeness (QED) is 0.531. The van der Waals surface area contributed by atoms with Crippen LogP contribution >= 0.6 is 23.1 Å². The molecule has 1 aromatic carbocycles. The molecule has 0 amide bonds. The molecule has 0 spiro atoms. The molecule has 2 heterocycles. The summed E-state index contributed by atoms with van der Waals surface area (Å²) in [6.07, 6.45) is 3.30. The van der Waals surface area contributed by atoms with Crippen LogP contribution < -0.4 is 5.56 Å². The highest BCUT2D eigenvalue weighted by Gasteiger charge is 2.22. The zero-order valence-electron chi connectivity index (χ0n) is 13.3. The Morgan fingerprint density at radius 2 is 2.22 bits per heavy atom. The van der Waals surface area contributed by atoms with Gasteiger partial charge in [0, 0.05) is 17.7 Å². The molecule has 4 rings (SSSR count). The highest BCUT2D eigenvalue weighted by atomic mass is 32.2. The van der Waals surface area contributed by atoms with Crippen LogP contribution in [0.1, 0.15) is 28.0 Å². The van der Waals surface area contributed by atoms with Gasteiger partial charge in [-0.1, -0.05) is 41.6 Å². The molecule has 0 N–H and O–H groups in total. The summed E-state index contributed by atoms with van der Waals surface area (Å²) in [5.41, 5.74) is 3.89. The molecule has 3 aromatic rings. The number of thiophene rings is 1. The fourth-order valence-electron chi connectivity index (χ4n) is 3.18. The van der Waals surface area contributed by atoms with Crippen LogP contribution in [0.3, 0.4) is 0 Å². The molecule has 0 unspecified atom stereocenters. The predicted octanol–water partition coefficient (Wildman–Crippen LogP) is 4.08. The lowest BCUT2D eigenvalue weighted by molar-refractivity contribution is 0.727. The number of hydrogen-bond donors (Lipinski definition) is 0. The van der Waals surface area contributed by atoms with E-state index >= 15 is 0 Å². The minimum atomic E-state index is 0.112. The maximum atomic E-state index is 12.8. The molecular weight excluding hydrogens is 324 g/mol. The van der Waals surface area contributed by atoms with E-state index in [0.717, 1.165) is 34.0 Å². The molecule has 0 fully saturated rings. The number of fused-ring (bicyclic) bond motifs is 3. The summed E-state index contributed by atoms with van der Waals surface area (Å²) in [4.78, 5) is 19.8. The molecule has 23 heavy (non-hydrogen) atoms. The predicted molar refractivity (Wildman–Crippen MR) is 97.6 cm³/mol. The van der Waals surface area contributed by atoms with Crippen molar-refractivity contribution in [2.45, 2.75) is 37.1 Å². The molecule has 1 aliphatic rings. The van der Waals surface area contributed by atoms with Gasteiger partial charge in [-0.05, 0) is 37.3 Å². The van der Waals surface area contributed by atoms with E-state index in [4.69, 9.17) is 4.98 Å². The highest BCUT2D eigenvalue weighted by Crippen LogP contribution is 2.35. The van der Waals surface area contributed by atoms with Crippen LogP contribution in [0, 0.1) is 6.92 Å². The zero-order valence-corrected chi connectivity index (χ0v) is 14.9. The van der Waals surface area contributed by atoms with Gasteiger partial charge in [0.1, 0.15) is 4.83 Å². The maximum absolute atomic E-state index is 12.8. The molecule has 0 aliphatic heterocycles. The molecule has 3 nitrogen and oxygen atoms in total. The summed E-state index contributed by atoms with van der Waals surface area (Å²) >= 11 is 3.35. The third kappa shape index (κ3) is 2.62. The lowest BCUT2D eigenvalue weighted by Crippen LogP contribution is -2.20. The summed E-state index contributed by atoms with van der Waals surface area (Å²) < 4.78 is 1.72. The summed E-state index contributed by atoms with van der Waals surface area (Å²) in [5.74, 6) is 0.832. The van der Waals surface area contributed by atoms with Crippen molar-refractivity contribution in [3.05, 3.63) is 56.2 Å². The van der Waals surface area contributed by atoms with Gasteiger partial charge in [-0.3, -0.25) is 9.36 Å². The maximum Gasteiger partial charge on any atom is 0.262 e. The highest BCUT2D eigenvalue weighted by molar-refractivity contribution is 7.98. The molecule has 0 saturated heterocycles. The fourth-order valence-corrected chi connectivity index (χ4v) is 5.40. The Kier molecular flexibility index (Phi) is 3.77. The van der Waals surface area contributed by atoms with E-state index in [0.29, 0.717) is 0 Å². The first kappa shape index (κ1) is 15.0. The number of rotatable bonds is 3. The van der Waals surface area contributed by atoms with Crippen molar-refractivity contribution in [1.29, 1.82) is 0 Å². The van der Waals surface area contributed by atoms with Crippen LogP contribution in [0.5, 0.6) is 0 Å². The molecule has 5 heteroatoms. The molecule has 0 saturated carbocycles. The Morgan fingerprint density at radius 1 is 1.35 bits per heavy atom. The van der Waals surface area contributed by atoms with Crippen LogP contribution in [-0.2, 0) is 25.6 Å². The molecule has 2 aromatic heterocycles. The molecular formula is C18H18N2OS2. The number of aromatic nitrogens is 2. The van der Waals surface area contributed by atoms with E-state index in [9.17, 15) is 4.79 Å². The van der Waals surface area contributed by atoms with Gasteiger partial charge in [0.05, 0.1) is 5.39 Å². The van der Waals surface area contributed by atoms with E-state index < -0.39 is 0 Å². The lowest BCUT2D eigenvalue weighted by atomic mass is 10.2. The van der Waals surface area contributed by atoms with Crippen LogP contribution in [0.2, 0.25) is 0 Å². The van der Waals surface area contributed by atoms with Crippen molar-refractivity contribution in [1.82, 2.24) is 9.55 Å². The Balaban J connectivity index is 1.71. The Morgan fingerprint density at radius 3 is 3.04 bits per heavy atom. The number of nitrogens with zero attached hydrogens (tertiary/aromatic N) is 2. The smallest absolute Gasteiger partial charge is 0.262 e. The number of hydrogen-bond acceptors (Lipinski definition) is 4. The molecule has 0 atom stereocenters. The van der Waals surface area contributed by atoms with Gasteiger partial charge in [-0.15, -0.1) is 11.3 Å². The minimum absolute atomic E-state index is 0.112. The standard InChI is InChI=1S/C18H18N2OS2/c1-11-5-3-6-12(9-11)10-22-18-19-16-15(17(21)20(18)2)13-7-4-8-14(13)23-16/h3,5-6,9H,4,7-8,10H2,1-2H3. The number of aryl methyl sites for hydroxylation is 3. The number of benzene rings is 1. The first-order valence-electron chi connectivity index (χ1n) is 7.83. The van der Waals surface area contributed by atoms with Crippen LogP contribution in [0.15, 0.2) is 34.2 Å². The summed E-state index contributed by atoms with van der Waals surface area (Å²) in [6, 6.07) is 8.48. The summed E-state index contributed by atoms with van der Waals surface area (Å²) in [5, 5.41) is 1.67. The minimum Gasteiger partial charge on any atom is -0.290 e. The van der Waals surface area contributed by atoms with Crippen LogP contribution in [-0.4, -0.2) is 9.55 Å². The van der Waals surface area contributed by atoms with E-state index in [1.165, 1.54) is 28.0 Å². The van der Waals surface area contributed by atoms with Gasteiger partial charge in [-0.25, -0.2) is 4.98 Å². The van der Waals surface area contributed by atoms with Gasteiger partial charge in [0.2, 0.25) is 0 Å². The molecule has 1 aliphatic carbocycles. The van der Waals surface area contributed by atoms with Crippen molar-refractivity contribution < 1.29 is 0 Å². The van der Waals surface area contributed by atoms with Gasteiger partial charge in [0.15, 0.2) is 5.16 Å². The van der Waals surface area contributed by atoms with Crippen LogP contribution in [0.4, 0.5) is 0 Å². The van der Waals surface area contributed by atoms with Gasteiger partial charge in [-0.2, -0.15) is 0 Å². The second-order valence-electron chi connectivity index (χ2n) is 6.07. The summed E-state index contributed by atoms with van der Waals surface area (Å²) in [6.45, 7) is 2.10. The fraction of sp³-hybridized carbons (Fsp3) is 0.333. The Hall–Kier alpha value is -1.59. The lowest BCUT2D eigenvalue weighted by Gasteiger charge is -2.08. The van der Waals surface area contributed by atoms with E-state index in [2.05, 4.69) is 31.2 Å². The molecule has 0 bridgehead atoms. The topological polar surface area (TPSA) is 34.9 Å². The van der Waals surface area contributed by atoms with E-state index in [1.807, 2.05) is 7.05 Å². The molecule has 118 valence electrons. The number of thioether (sulfide) groups is 1. The Labute approximate surface area is 143 Å². The van der Waals surface area contributed by atoms with Crippen molar-refractivity contribution in [3.63, 3.8) is 0 Å². The SMILES string of the molecule is Cc1cccc(CSc2nc3sc4c(c3c(=O)n2C)CCC4)c1. The second kappa shape index (κ2) is 5.80. The normalized spacial score (nSPS) is 13.7. The average molecular weight is 342 g/mol. The first-order chi connectivity index (χ1) is 11.1. The van der Waals surface area contributed by atoms with E-state index in [1.54, 1.807) is 27.7 Å². The third-order valence-corrected chi connectivity index (χ3v) is 6.64.